The van der Waals surface area contributed by atoms with E-state index < -0.39 is 0 Å². The highest BCUT2D eigenvalue weighted by molar-refractivity contribution is 7.99. The summed E-state index contributed by atoms with van der Waals surface area (Å²) in [6.07, 6.45) is 0.950. The number of hydrogen-bond acceptors (Lipinski definition) is 4. The summed E-state index contributed by atoms with van der Waals surface area (Å²) in [6.45, 7) is 1.45. The molecule has 2 aliphatic heterocycles. The van der Waals surface area contributed by atoms with Gasteiger partial charge in [-0.2, -0.15) is 0 Å². The third-order valence-electron chi connectivity index (χ3n) is 2.31. The molecule has 0 aromatic rings. The van der Waals surface area contributed by atoms with E-state index >= 15 is 0 Å². The molecule has 13 heavy (non-hydrogen) atoms. The Morgan fingerprint density at radius 1 is 1.62 bits per heavy atom. The second kappa shape index (κ2) is 4.30. The third kappa shape index (κ3) is 2.36. The normalized spacial score (nSPS) is 33.5. The number of carbonyl (C=O) groups excluding carboxylic acids is 1. The van der Waals surface area contributed by atoms with Crippen LogP contribution in [0.2, 0.25) is 0 Å². The molecule has 0 aromatic heterocycles. The molecule has 0 bridgehead atoms. The van der Waals surface area contributed by atoms with Crippen molar-refractivity contribution in [3.8, 4) is 0 Å². The molecule has 74 valence electrons. The molecule has 4 nitrogen and oxygen atoms in total. The molecule has 2 saturated heterocycles. The van der Waals surface area contributed by atoms with Crippen LogP contribution in [0.4, 0.5) is 0 Å². The number of nitrogens with one attached hydrogen (secondary N) is 2. The van der Waals surface area contributed by atoms with E-state index in [9.17, 15) is 4.79 Å². The Labute approximate surface area is 81.8 Å². The van der Waals surface area contributed by atoms with Crippen LogP contribution in [0.3, 0.4) is 0 Å². The monoisotopic (exact) mass is 202 g/mol. The molecule has 0 aliphatic carbocycles. The van der Waals surface area contributed by atoms with Crippen LogP contribution in [0.15, 0.2) is 0 Å². The second-order valence-corrected chi connectivity index (χ2v) is 4.37. The second-order valence-electron chi connectivity index (χ2n) is 3.34. The summed E-state index contributed by atoms with van der Waals surface area (Å²) < 4.78 is 5.18. The van der Waals surface area contributed by atoms with E-state index in [1.165, 1.54) is 0 Å². The van der Waals surface area contributed by atoms with Crippen LogP contribution in [0.25, 0.3) is 0 Å². The fourth-order valence-electron chi connectivity index (χ4n) is 1.51. The number of amides is 1. The zero-order valence-corrected chi connectivity index (χ0v) is 8.23. The van der Waals surface area contributed by atoms with Crippen molar-refractivity contribution in [3.05, 3.63) is 0 Å². The van der Waals surface area contributed by atoms with Gasteiger partial charge in [-0.15, -0.1) is 11.8 Å². The van der Waals surface area contributed by atoms with Gasteiger partial charge in [-0.1, -0.05) is 0 Å². The molecule has 2 rings (SSSR count). The Bertz CT molecular complexity index is 189. The lowest BCUT2D eigenvalue weighted by atomic mass is 10.2. The van der Waals surface area contributed by atoms with Crippen LogP contribution >= 0.6 is 11.8 Å². The summed E-state index contributed by atoms with van der Waals surface area (Å²) in [4.78, 5) is 11.6. The number of carbonyl (C=O) groups is 1. The molecule has 5 heteroatoms. The number of rotatable bonds is 2. The van der Waals surface area contributed by atoms with Gasteiger partial charge in [-0.3, -0.25) is 10.1 Å². The predicted octanol–water partition coefficient (Wildman–Crippen LogP) is -0.446. The van der Waals surface area contributed by atoms with Crippen molar-refractivity contribution in [2.75, 3.05) is 24.8 Å². The Balaban J connectivity index is 1.76. The molecule has 0 spiro atoms. The van der Waals surface area contributed by atoms with E-state index in [0.29, 0.717) is 6.61 Å². The van der Waals surface area contributed by atoms with Gasteiger partial charge in [0.05, 0.1) is 18.7 Å². The first-order valence-electron chi connectivity index (χ1n) is 4.55. The minimum Gasteiger partial charge on any atom is -0.379 e. The summed E-state index contributed by atoms with van der Waals surface area (Å²) in [5.74, 6) is 1.90. The van der Waals surface area contributed by atoms with Gasteiger partial charge in [0.15, 0.2) is 0 Å². The summed E-state index contributed by atoms with van der Waals surface area (Å²) >= 11 is 1.77. The van der Waals surface area contributed by atoms with E-state index in [0.717, 1.165) is 24.7 Å². The fraction of sp³-hybridized carbons (Fsp3) is 0.875. The number of hydrogen-bond donors (Lipinski definition) is 2. The highest BCUT2D eigenvalue weighted by Crippen LogP contribution is 2.10. The first-order valence-corrected chi connectivity index (χ1v) is 5.71. The molecule has 2 atom stereocenters. The fourth-order valence-corrected chi connectivity index (χ4v) is 2.46. The Morgan fingerprint density at radius 2 is 2.54 bits per heavy atom. The molecule has 0 aromatic carbocycles. The molecular formula is C8H14N2O2S. The average molecular weight is 202 g/mol. The van der Waals surface area contributed by atoms with Crippen LogP contribution in [0.1, 0.15) is 6.42 Å². The number of ether oxygens (including phenoxy) is 1. The van der Waals surface area contributed by atoms with E-state index in [4.69, 9.17) is 4.74 Å². The topological polar surface area (TPSA) is 50.4 Å². The van der Waals surface area contributed by atoms with Gasteiger partial charge in [-0.25, -0.2) is 0 Å². The minimum absolute atomic E-state index is 0.00519. The van der Waals surface area contributed by atoms with E-state index in [2.05, 4.69) is 10.6 Å². The Morgan fingerprint density at radius 3 is 3.15 bits per heavy atom. The van der Waals surface area contributed by atoms with Gasteiger partial charge in [-0.05, 0) is 6.42 Å². The van der Waals surface area contributed by atoms with Crippen molar-refractivity contribution in [3.63, 3.8) is 0 Å². The highest BCUT2D eigenvalue weighted by atomic mass is 32.2. The minimum atomic E-state index is 0.00519. The van der Waals surface area contributed by atoms with Crippen molar-refractivity contribution < 1.29 is 9.53 Å². The zero-order valence-electron chi connectivity index (χ0n) is 7.41. The quantitative estimate of drug-likeness (QED) is 0.637. The average Bonchev–Trinajstić information content (AvgIpc) is 2.74. The van der Waals surface area contributed by atoms with Crippen LogP contribution in [0, 0.1) is 0 Å². The van der Waals surface area contributed by atoms with Crippen LogP contribution in [-0.2, 0) is 9.53 Å². The summed E-state index contributed by atoms with van der Waals surface area (Å²) in [7, 11) is 0. The molecule has 0 radical (unpaired) electrons. The van der Waals surface area contributed by atoms with Gasteiger partial charge in [0, 0.05) is 18.2 Å². The lowest BCUT2D eigenvalue weighted by Crippen LogP contribution is -2.46. The van der Waals surface area contributed by atoms with Crippen LogP contribution in [-0.4, -0.2) is 42.8 Å². The van der Waals surface area contributed by atoms with E-state index in [1.54, 1.807) is 11.8 Å². The van der Waals surface area contributed by atoms with Gasteiger partial charge in [0.25, 0.3) is 0 Å². The molecular weight excluding hydrogens is 188 g/mol. The Kier molecular flexibility index (Phi) is 3.08. The van der Waals surface area contributed by atoms with Crippen molar-refractivity contribution in [1.29, 1.82) is 0 Å². The van der Waals surface area contributed by atoms with Crippen LogP contribution in [0.5, 0.6) is 0 Å². The number of thioether (sulfide) groups is 1. The maximum Gasteiger partial charge on any atom is 0.238 e. The summed E-state index contributed by atoms with van der Waals surface area (Å²) in [6, 6.07) is 0.241. The first-order chi connectivity index (χ1) is 6.36. The molecule has 0 saturated carbocycles. The van der Waals surface area contributed by atoms with E-state index in [-0.39, 0.29) is 18.0 Å². The van der Waals surface area contributed by atoms with Gasteiger partial charge in [0.1, 0.15) is 0 Å². The van der Waals surface area contributed by atoms with Crippen molar-refractivity contribution in [2.45, 2.75) is 18.5 Å². The van der Waals surface area contributed by atoms with Gasteiger partial charge >= 0.3 is 0 Å². The van der Waals surface area contributed by atoms with Crippen LogP contribution < -0.4 is 10.6 Å². The van der Waals surface area contributed by atoms with Crippen molar-refractivity contribution >= 4 is 17.7 Å². The zero-order chi connectivity index (χ0) is 9.10. The lowest BCUT2D eigenvalue weighted by Gasteiger charge is -2.14. The first kappa shape index (κ1) is 9.30. The maximum absolute atomic E-state index is 11.6. The molecule has 1 amide bonds. The van der Waals surface area contributed by atoms with Gasteiger partial charge < -0.3 is 10.1 Å². The van der Waals surface area contributed by atoms with E-state index in [1.807, 2.05) is 0 Å². The Hall–Kier alpha value is -0.260. The molecule has 2 heterocycles. The van der Waals surface area contributed by atoms with Gasteiger partial charge in [0.2, 0.25) is 5.91 Å². The maximum atomic E-state index is 11.6. The van der Waals surface area contributed by atoms with Crippen molar-refractivity contribution in [1.82, 2.24) is 10.6 Å². The third-order valence-corrected chi connectivity index (χ3v) is 3.25. The largest absolute Gasteiger partial charge is 0.379 e. The lowest BCUT2D eigenvalue weighted by molar-refractivity contribution is -0.123. The molecule has 2 aliphatic rings. The predicted molar refractivity (Wildman–Crippen MR) is 51.6 cm³/mol. The highest BCUT2D eigenvalue weighted by Gasteiger charge is 2.25. The standard InChI is InChI=1S/C8H14N2O2S/c11-8(7-4-13-5-9-7)10-6-1-2-12-3-6/h6-7,9H,1-5H2,(H,10,11). The smallest absolute Gasteiger partial charge is 0.238 e. The molecule has 2 fully saturated rings. The molecule has 2 unspecified atom stereocenters. The molecule has 2 N–H and O–H groups in total. The SMILES string of the molecule is O=C(NC1CCOC1)C1CSCN1. The van der Waals surface area contributed by atoms with Crippen molar-refractivity contribution in [2.24, 2.45) is 0 Å². The summed E-state index contributed by atoms with van der Waals surface area (Å²) in [5.41, 5.74) is 0. The summed E-state index contributed by atoms with van der Waals surface area (Å²) in [5, 5.41) is 6.12.